The van der Waals surface area contributed by atoms with Gasteiger partial charge < -0.3 is 16.5 Å². The first-order valence-corrected chi connectivity index (χ1v) is 6.80. The fourth-order valence-corrected chi connectivity index (χ4v) is 2.13. The molecule has 0 aliphatic rings. The van der Waals surface area contributed by atoms with Crippen LogP contribution in [0.2, 0.25) is 0 Å². The van der Waals surface area contributed by atoms with Crippen molar-refractivity contribution in [2.45, 2.75) is 0 Å². The smallest absolute Gasteiger partial charge is 0.169 e. The van der Waals surface area contributed by atoms with Crippen molar-refractivity contribution >= 4 is 33.9 Å². The van der Waals surface area contributed by atoms with Crippen LogP contribution in [-0.2, 0) is 0 Å². The number of nitrogens with one attached hydrogen (secondary N) is 2. The van der Waals surface area contributed by atoms with E-state index in [9.17, 15) is 0 Å². The fraction of sp³-hybridized carbons (Fsp3) is 0.133. The van der Waals surface area contributed by atoms with Crippen LogP contribution in [0.15, 0.2) is 42.9 Å². The number of rotatable bonds is 4. The number of nitrogens with two attached hydrogens (primary N) is 1. The van der Waals surface area contributed by atoms with Gasteiger partial charge in [0.15, 0.2) is 11.6 Å². The third-order valence-electron chi connectivity index (χ3n) is 3.10. The van der Waals surface area contributed by atoms with Crippen LogP contribution in [-0.4, -0.2) is 34.1 Å². The van der Waals surface area contributed by atoms with E-state index in [1.165, 1.54) is 6.33 Å². The van der Waals surface area contributed by atoms with Crippen LogP contribution in [0.5, 0.6) is 0 Å². The summed E-state index contributed by atoms with van der Waals surface area (Å²) in [6.07, 6.45) is 3.22. The maximum Gasteiger partial charge on any atom is 0.169 e. The Bertz CT molecular complexity index is 796. The second-order valence-corrected chi connectivity index (χ2v) is 5.00. The predicted octanol–water partition coefficient (Wildman–Crippen LogP) is 2.24. The number of aromatic nitrogens is 3. The third-order valence-corrected chi connectivity index (χ3v) is 3.10. The van der Waals surface area contributed by atoms with Crippen molar-refractivity contribution in [2.75, 3.05) is 30.6 Å². The molecule has 0 bridgehead atoms. The van der Waals surface area contributed by atoms with Crippen LogP contribution in [0.25, 0.3) is 10.9 Å². The molecule has 2 aromatic heterocycles. The lowest BCUT2D eigenvalue weighted by Crippen LogP contribution is -2.21. The standard InChI is InChI=1S/C15H17N7/c1-22(2)21-15-12(16)14(18-9-19-15)20-11-7-3-5-10-6-4-8-17-13(10)11/h3-9H,16H2,1-2H3,(H2,18,19,20,21). The molecule has 7 heteroatoms. The summed E-state index contributed by atoms with van der Waals surface area (Å²) in [5.74, 6) is 1.09. The highest BCUT2D eigenvalue weighted by molar-refractivity contribution is 5.93. The highest BCUT2D eigenvalue weighted by Crippen LogP contribution is 2.28. The molecule has 112 valence electrons. The Hall–Kier alpha value is -2.93. The Morgan fingerprint density at radius 1 is 1.00 bits per heavy atom. The van der Waals surface area contributed by atoms with E-state index in [2.05, 4.69) is 25.7 Å². The van der Waals surface area contributed by atoms with E-state index in [4.69, 9.17) is 5.73 Å². The molecular weight excluding hydrogens is 278 g/mol. The predicted molar refractivity (Wildman–Crippen MR) is 88.8 cm³/mol. The Morgan fingerprint density at radius 3 is 2.59 bits per heavy atom. The summed E-state index contributed by atoms with van der Waals surface area (Å²) in [4.78, 5) is 12.8. The number of pyridine rings is 1. The zero-order valence-electron chi connectivity index (χ0n) is 12.4. The molecule has 4 N–H and O–H groups in total. The summed E-state index contributed by atoms with van der Waals surface area (Å²) in [5, 5.41) is 6.05. The zero-order chi connectivity index (χ0) is 15.5. The van der Waals surface area contributed by atoms with Gasteiger partial charge in [-0.3, -0.25) is 4.98 Å². The van der Waals surface area contributed by atoms with Crippen LogP contribution >= 0.6 is 0 Å². The molecule has 3 rings (SSSR count). The van der Waals surface area contributed by atoms with Gasteiger partial charge in [0, 0.05) is 25.7 Å². The van der Waals surface area contributed by atoms with Crippen LogP contribution in [0.4, 0.5) is 23.0 Å². The molecule has 0 atom stereocenters. The second-order valence-electron chi connectivity index (χ2n) is 5.00. The number of para-hydroxylation sites is 1. The maximum absolute atomic E-state index is 6.13. The lowest BCUT2D eigenvalue weighted by Gasteiger charge is -2.16. The van der Waals surface area contributed by atoms with Crippen molar-refractivity contribution in [3.8, 4) is 0 Å². The van der Waals surface area contributed by atoms with Gasteiger partial charge >= 0.3 is 0 Å². The number of anilines is 4. The molecule has 0 radical (unpaired) electrons. The lowest BCUT2D eigenvalue weighted by molar-refractivity contribution is 0.492. The van der Waals surface area contributed by atoms with Gasteiger partial charge in [-0.15, -0.1) is 0 Å². The fourth-order valence-electron chi connectivity index (χ4n) is 2.13. The lowest BCUT2D eigenvalue weighted by atomic mass is 10.2. The van der Waals surface area contributed by atoms with E-state index in [1.807, 2.05) is 44.4 Å². The van der Waals surface area contributed by atoms with Gasteiger partial charge in [0.1, 0.15) is 12.0 Å². The number of fused-ring (bicyclic) bond motifs is 1. The van der Waals surface area contributed by atoms with Crippen molar-refractivity contribution in [3.05, 3.63) is 42.9 Å². The Labute approximate surface area is 128 Å². The minimum absolute atomic E-state index is 0.448. The van der Waals surface area contributed by atoms with E-state index in [-0.39, 0.29) is 0 Å². The molecule has 22 heavy (non-hydrogen) atoms. The molecule has 0 saturated heterocycles. The van der Waals surface area contributed by atoms with Crippen molar-refractivity contribution < 1.29 is 0 Å². The normalized spacial score (nSPS) is 10.9. The highest BCUT2D eigenvalue weighted by atomic mass is 15.5. The minimum Gasteiger partial charge on any atom is -0.393 e. The van der Waals surface area contributed by atoms with Crippen molar-refractivity contribution in [3.63, 3.8) is 0 Å². The summed E-state index contributed by atoms with van der Waals surface area (Å²) in [5.41, 5.74) is 11.3. The van der Waals surface area contributed by atoms with Crippen molar-refractivity contribution in [1.82, 2.24) is 20.0 Å². The third kappa shape index (κ3) is 2.75. The molecule has 3 aromatic rings. The molecule has 0 amide bonds. The van der Waals surface area contributed by atoms with E-state index in [0.29, 0.717) is 17.3 Å². The second kappa shape index (κ2) is 5.82. The van der Waals surface area contributed by atoms with Gasteiger partial charge in [-0.05, 0) is 12.1 Å². The summed E-state index contributed by atoms with van der Waals surface area (Å²) < 4.78 is 0. The van der Waals surface area contributed by atoms with Gasteiger partial charge in [-0.1, -0.05) is 18.2 Å². The Kier molecular flexibility index (Phi) is 3.71. The average molecular weight is 295 g/mol. The number of nitrogens with zero attached hydrogens (tertiary/aromatic N) is 4. The molecule has 0 fully saturated rings. The largest absolute Gasteiger partial charge is 0.393 e. The van der Waals surface area contributed by atoms with Gasteiger partial charge in [-0.25, -0.2) is 15.0 Å². The molecule has 1 aromatic carbocycles. The maximum atomic E-state index is 6.13. The quantitative estimate of drug-likeness (QED) is 0.636. The van der Waals surface area contributed by atoms with Crippen LogP contribution in [0, 0.1) is 0 Å². The van der Waals surface area contributed by atoms with Crippen LogP contribution in [0.1, 0.15) is 0 Å². The number of hydrazine groups is 1. The van der Waals surface area contributed by atoms with Crippen molar-refractivity contribution in [1.29, 1.82) is 0 Å². The molecule has 0 unspecified atom stereocenters. The SMILES string of the molecule is CN(C)Nc1ncnc(Nc2cccc3cccnc23)c1N. The van der Waals surface area contributed by atoms with Gasteiger partial charge in [0.25, 0.3) is 0 Å². The molecule has 0 aliphatic heterocycles. The molecule has 0 aliphatic carbocycles. The minimum atomic E-state index is 0.448. The number of benzene rings is 1. The molecule has 0 saturated carbocycles. The van der Waals surface area contributed by atoms with Crippen LogP contribution in [0.3, 0.4) is 0 Å². The molecular formula is C15H17N7. The average Bonchev–Trinajstić information content (AvgIpc) is 2.51. The highest BCUT2D eigenvalue weighted by Gasteiger charge is 2.10. The molecule has 0 spiro atoms. The monoisotopic (exact) mass is 295 g/mol. The van der Waals surface area contributed by atoms with Gasteiger partial charge in [0.05, 0.1) is 11.2 Å². The van der Waals surface area contributed by atoms with Gasteiger partial charge in [-0.2, -0.15) is 0 Å². The van der Waals surface area contributed by atoms with E-state index >= 15 is 0 Å². The Balaban J connectivity index is 1.99. The summed E-state index contributed by atoms with van der Waals surface area (Å²) in [6.45, 7) is 0. The topological polar surface area (TPSA) is 92.0 Å². The first-order chi connectivity index (χ1) is 10.6. The number of nitrogen functional groups attached to an aromatic ring is 1. The summed E-state index contributed by atoms with van der Waals surface area (Å²) in [7, 11) is 3.73. The summed E-state index contributed by atoms with van der Waals surface area (Å²) >= 11 is 0. The van der Waals surface area contributed by atoms with E-state index in [1.54, 1.807) is 11.2 Å². The summed E-state index contributed by atoms with van der Waals surface area (Å²) in [6, 6.07) is 9.83. The van der Waals surface area contributed by atoms with Gasteiger partial charge in [0.2, 0.25) is 0 Å². The van der Waals surface area contributed by atoms with E-state index < -0.39 is 0 Å². The number of hydrogen-bond donors (Lipinski definition) is 3. The molecule has 7 nitrogen and oxygen atoms in total. The van der Waals surface area contributed by atoms with Crippen LogP contribution < -0.4 is 16.5 Å². The van der Waals surface area contributed by atoms with E-state index in [0.717, 1.165) is 16.6 Å². The molecule has 2 heterocycles. The van der Waals surface area contributed by atoms with Crippen molar-refractivity contribution in [2.24, 2.45) is 0 Å². The Morgan fingerprint density at radius 2 is 1.77 bits per heavy atom. The first kappa shape index (κ1) is 14.0. The zero-order valence-corrected chi connectivity index (χ0v) is 12.4. The first-order valence-electron chi connectivity index (χ1n) is 6.80. The number of hydrogen-bond acceptors (Lipinski definition) is 7.